The number of nitrogens with zero attached hydrogens (tertiary/aromatic N) is 3. The first kappa shape index (κ1) is 15.0. The van der Waals surface area contributed by atoms with E-state index in [0.717, 1.165) is 63.6 Å². The number of anilines is 1. The average Bonchev–Trinajstić information content (AvgIpc) is 2.46. The van der Waals surface area contributed by atoms with Gasteiger partial charge in [0.15, 0.2) is 0 Å². The number of aromatic nitrogens is 2. The molecule has 0 spiro atoms. The molecule has 3 N–H and O–H groups in total. The van der Waals surface area contributed by atoms with E-state index in [2.05, 4.69) is 26.7 Å². The lowest BCUT2D eigenvalue weighted by Crippen LogP contribution is -2.48. The molecule has 0 bridgehead atoms. The maximum atomic E-state index is 11.7. The molecule has 1 aromatic heterocycles. The van der Waals surface area contributed by atoms with Gasteiger partial charge in [-0.1, -0.05) is 13.3 Å². The molecule has 2 heterocycles. The van der Waals surface area contributed by atoms with Crippen LogP contribution in [-0.4, -0.2) is 54.1 Å². The zero-order valence-corrected chi connectivity index (χ0v) is 12.3. The van der Waals surface area contributed by atoms with Crippen molar-refractivity contribution in [2.24, 2.45) is 5.73 Å². The maximum absolute atomic E-state index is 11.7. The molecule has 112 valence electrons. The highest BCUT2D eigenvalue weighted by atomic mass is 16.1. The number of piperazine rings is 1. The van der Waals surface area contributed by atoms with E-state index in [9.17, 15) is 4.79 Å². The van der Waals surface area contributed by atoms with Gasteiger partial charge in [-0.2, -0.15) is 0 Å². The molecule has 2 rings (SSSR count). The first-order chi connectivity index (χ1) is 9.72. The van der Waals surface area contributed by atoms with E-state index in [1.165, 1.54) is 0 Å². The van der Waals surface area contributed by atoms with Crippen molar-refractivity contribution >= 4 is 5.95 Å². The molecule has 0 amide bonds. The Hall–Kier alpha value is -1.40. The summed E-state index contributed by atoms with van der Waals surface area (Å²) in [5.41, 5.74) is 6.42. The van der Waals surface area contributed by atoms with Crippen molar-refractivity contribution in [3.05, 3.63) is 22.1 Å². The summed E-state index contributed by atoms with van der Waals surface area (Å²) in [7, 11) is 0. The zero-order valence-electron chi connectivity index (χ0n) is 12.3. The lowest BCUT2D eigenvalue weighted by molar-refractivity contribution is 0.263. The molecule has 1 saturated heterocycles. The number of nitrogens with one attached hydrogen (secondary N) is 1. The second-order valence-electron chi connectivity index (χ2n) is 5.28. The Balaban J connectivity index is 2.02. The molecule has 1 aliphatic rings. The molecule has 0 saturated carbocycles. The first-order valence-corrected chi connectivity index (χ1v) is 7.50. The van der Waals surface area contributed by atoms with Gasteiger partial charge in [0.1, 0.15) is 0 Å². The van der Waals surface area contributed by atoms with Crippen LogP contribution in [0.25, 0.3) is 0 Å². The molecule has 0 radical (unpaired) electrons. The first-order valence-electron chi connectivity index (χ1n) is 7.50. The van der Waals surface area contributed by atoms with Crippen molar-refractivity contribution in [3.63, 3.8) is 0 Å². The van der Waals surface area contributed by atoms with E-state index < -0.39 is 0 Å². The summed E-state index contributed by atoms with van der Waals surface area (Å²) >= 11 is 0. The third kappa shape index (κ3) is 4.05. The minimum atomic E-state index is -0.0505. The number of H-pyrrole nitrogens is 1. The van der Waals surface area contributed by atoms with Gasteiger partial charge >= 0.3 is 0 Å². The standard InChI is InChI=1S/C14H25N5O/c1-2-3-4-12-11-13(20)17-14(16-12)19-9-7-18(6-5-15)8-10-19/h11H,2-10,15H2,1H3,(H,16,17,20). The van der Waals surface area contributed by atoms with E-state index in [1.807, 2.05) is 0 Å². The smallest absolute Gasteiger partial charge is 0.252 e. The molecule has 6 nitrogen and oxygen atoms in total. The van der Waals surface area contributed by atoms with E-state index in [0.29, 0.717) is 6.54 Å². The van der Waals surface area contributed by atoms with Crippen LogP contribution in [0.2, 0.25) is 0 Å². The van der Waals surface area contributed by atoms with E-state index in [-0.39, 0.29) is 5.56 Å². The van der Waals surface area contributed by atoms with Gasteiger partial charge in [0.05, 0.1) is 0 Å². The van der Waals surface area contributed by atoms with Crippen LogP contribution in [0.4, 0.5) is 5.95 Å². The fourth-order valence-corrected chi connectivity index (χ4v) is 2.50. The van der Waals surface area contributed by atoms with E-state index in [1.54, 1.807) is 6.07 Å². The molecule has 1 aromatic rings. The van der Waals surface area contributed by atoms with Crippen LogP contribution in [0.1, 0.15) is 25.5 Å². The van der Waals surface area contributed by atoms with E-state index >= 15 is 0 Å². The lowest BCUT2D eigenvalue weighted by atomic mass is 10.2. The summed E-state index contributed by atoms with van der Waals surface area (Å²) in [4.78, 5) is 23.7. The highest BCUT2D eigenvalue weighted by molar-refractivity contribution is 5.31. The third-order valence-electron chi connectivity index (χ3n) is 3.69. The fourth-order valence-electron chi connectivity index (χ4n) is 2.50. The Kier molecular flexibility index (Phi) is 5.55. The summed E-state index contributed by atoms with van der Waals surface area (Å²) in [6.07, 6.45) is 3.06. The predicted molar refractivity (Wildman–Crippen MR) is 81.2 cm³/mol. The largest absolute Gasteiger partial charge is 0.340 e. The molecule has 0 aliphatic carbocycles. The minimum absolute atomic E-state index is 0.0505. The van der Waals surface area contributed by atoms with Gasteiger partial charge in [0.25, 0.3) is 5.56 Å². The van der Waals surface area contributed by atoms with Crippen molar-refractivity contribution < 1.29 is 0 Å². The summed E-state index contributed by atoms with van der Waals surface area (Å²) in [5.74, 6) is 0.719. The molecule has 1 aliphatic heterocycles. The second-order valence-corrected chi connectivity index (χ2v) is 5.28. The van der Waals surface area contributed by atoms with Crippen molar-refractivity contribution in [1.29, 1.82) is 0 Å². The third-order valence-corrected chi connectivity index (χ3v) is 3.69. The van der Waals surface area contributed by atoms with Crippen molar-refractivity contribution in [2.45, 2.75) is 26.2 Å². The van der Waals surface area contributed by atoms with Crippen molar-refractivity contribution in [2.75, 3.05) is 44.2 Å². The molecular weight excluding hydrogens is 254 g/mol. The number of rotatable bonds is 6. The summed E-state index contributed by atoms with van der Waals surface area (Å²) in [5, 5.41) is 0. The topological polar surface area (TPSA) is 78.2 Å². The van der Waals surface area contributed by atoms with Crippen LogP contribution in [0, 0.1) is 0 Å². The zero-order chi connectivity index (χ0) is 14.4. The number of hydrogen-bond acceptors (Lipinski definition) is 5. The quantitative estimate of drug-likeness (QED) is 0.777. The van der Waals surface area contributed by atoms with Crippen molar-refractivity contribution in [1.82, 2.24) is 14.9 Å². The maximum Gasteiger partial charge on any atom is 0.252 e. The SMILES string of the molecule is CCCCc1cc(=O)[nH]c(N2CCN(CCN)CC2)n1. The predicted octanol–water partition coefficient (Wildman–Crippen LogP) is 0.193. The Morgan fingerprint density at radius 3 is 2.75 bits per heavy atom. The summed E-state index contributed by atoms with van der Waals surface area (Å²) in [6, 6.07) is 1.61. The van der Waals surface area contributed by atoms with Gasteiger partial charge in [-0.25, -0.2) is 4.98 Å². The second kappa shape index (κ2) is 7.40. The van der Waals surface area contributed by atoms with Gasteiger partial charge in [-0.05, 0) is 12.8 Å². The van der Waals surface area contributed by atoms with Gasteiger partial charge in [-0.3, -0.25) is 14.7 Å². The van der Waals surface area contributed by atoms with Crippen LogP contribution in [-0.2, 0) is 6.42 Å². The Bertz CT molecular complexity index is 465. The van der Waals surface area contributed by atoms with Gasteiger partial charge < -0.3 is 10.6 Å². The van der Waals surface area contributed by atoms with Crippen LogP contribution in [0.15, 0.2) is 10.9 Å². The minimum Gasteiger partial charge on any atom is -0.340 e. The van der Waals surface area contributed by atoms with Gasteiger partial charge in [-0.15, -0.1) is 0 Å². The Labute approximate surface area is 120 Å². The monoisotopic (exact) mass is 279 g/mol. The number of nitrogens with two attached hydrogens (primary N) is 1. The fraction of sp³-hybridized carbons (Fsp3) is 0.714. The van der Waals surface area contributed by atoms with Crippen LogP contribution >= 0.6 is 0 Å². The molecule has 6 heteroatoms. The van der Waals surface area contributed by atoms with Crippen LogP contribution in [0.5, 0.6) is 0 Å². The molecular formula is C14H25N5O. The normalized spacial score (nSPS) is 16.6. The highest BCUT2D eigenvalue weighted by Crippen LogP contribution is 2.10. The Morgan fingerprint density at radius 2 is 2.10 bits per heavy atom. The molecule has 20 heavy (non-hydrogen) atoms. The molecule has 1 fully saturated rings. The summed E-state index contributed by atoms with van der Waals surface area (Å²) in [6.45, 7) is 7.50. The number of unbranched alkanes of at least 4 members (excludes halogenated alkanes) is 1. The van der Waals surface area contributed by atoms with E-state index in [4.69, 9.17) is 5.73 Å². The molecule has 0 aromatic carbocycles. The number of hydrogen-bond donors (Lipinski definition) is 2. The average molecular weight is 279 g/mol. The molecule has 0 atom stereocenters. The van der Waals surface area contributed by atoms with Gasteiger partial charge in [0.2, 0.25) is 5.95 Å². The number of aryl methyl sites for hydroxylation is 1. The van der Waals surface area contributed by atoms with Gasteiger partial charge in [0, 0.05) is 51.0 Å². The Morgan fingerprint density at radius 1 is 1.35 bits per heavy atom. The lowest BCUT2D eigenvalue weighted by Gasteiger charge is -2.34. The van der Waals surface area contributed by atoms with Crippen LogP contribution in [0.3, 0.4) is 0 Å². The van der Waals surface area contributed by atoms with Crippen molar-refractivity contribution in [3.8, 4) is 0 Å². The highest BCUT2D eigenvalue weighted by Gasteiger charge is 2.18. The van der Waals surface area contributed by atoms with Crippen LogP contribution < -0.4 is 16.2 Å². The molecule has 0 unspecified atom stereocenters. The number of aromatic amines is 1. The summed E-state index contributed by atoms with van der Waals surface area (Å²) < 4.78 is 0.